The smallest absolute Gasteiger partial charge is 0.266 e. The van der Waals surface area contributed by atoms with Crippen molar-refractivity contribution in [1.82, 2.24) is 0 Å². The minimum absolute atomic E-state index is 0.168. The van der Waals surface area contributed by atoms with Crippen LogP contribution in [0.15, 0.2) is 69.6 Å². The number of hydrogen-bond acceptors (Lipinski definition) is 2. The van der Waals surface area contributed by atoms with Crippen LogP contribution in [-0.4, -0.2) is 25.9 Å². The van der Waals surface area contributed by atoms with Crippen molar-refractivity contribution in [1.29, 1.82) is 0 Å². The number of likely N-dealkylation sites (N-methyl/N-ethyl adjacent to an activating group) is 2. The van der Waals surface area contributed by atoms with Crippen LogP contribution in [0.25, 0.3) is 0 Å². The number of hydrogen-bond donors (Lipinski definition) is 0. The van der Waals surface area contributed by atoms with E-state index in [0.717, 1.165) is 11.4 Å². The van der Waals surface area contributed by atoms with E-state index < -0.39 is 0 Å². The molecule has 0 bridgehead atoms. The summed E-state index contributed by atoms with van der Waals surface area (Å²) in [4.78, 5) is 28.1. The lowest BCUT2D eigenvalue weighted by atomic mass is 10.2. The first kappa shape index (κ1) is 18.4. The molecule has 0 heterocycles. The van der Waals surface area contributed by atoms with Gasteiger partial charge in [0.25, 0.3) is 11.8 Å². The van der Waals surface area contributed by atoms with E-state index in [9.17, 15) is 9.59 Å². The molecule has 0 radical (unpaired) electrons. The maximum atomic E-state index is 12.6. The molecule has 0 saturated carbocycles. The van der Waals surface area contributed by atoms with Crippen LogP contribution in [0, 0.1) is 0 Å². The van der Waals surface area contributed by atoms with Crippen LogP contribution in [0.5, 0.6) is 0 Å². The summed E-state index contributed by atoms with van der Waals surface area (Å²) in [5, 5.41) is 0. The van der Waals surface area contributed by atoms with Crippen molar-refractivity contribution in [3.05, 3.63) is 69.6 Å². The number of para-hydroxylation sites is 2. The van der Waals surface area contributed by atoms with Gasteiger partial charge in [-0.3, -0.25) is 9.59 Å². The van der Waals surface area contributed by atoms with Gasteiger partial charge >= 0.3 is 0 Å². The quantitative estimate of drug-likeness (QED) is 0.649. The summed E-state index contributed by atoms with van der Waals surface area (Å²) in [5.41, 5.74) is 1.48. The lowest BCUT2D eigenvalue weighted by molar-refractivity contribution is -0.116. The Morgan fingerprint density at radius 3 is 1.25 bits per heavy atom. The van der Waals surface area contributed by atoms with E-state index in [1.807, 2.05) is 60.7 Å². The zero-order valence-electron chi connectivity index (χ0n) is 13.2. The second-order valence-corrected chi connectivity index (χ2v) is 6.61. The van der Waals surface area contributed by atoms with Gasteiger partial charge in [-0.05, 0) is 56.1 Å². The third kappa shape index (κ3) is 4.13. The van der Waals surface area contributed by atoms with E-state index in [4.69, 9.17) is 0 Å². The van der Waals surface area contributed by atoms with Crippen LogP contribution in [0.4, 0.5) is 11.4 Å². The fourth-order valence-corrected chi connectivity index (χ4v) is 2.89. The van der Waals surface area contributed by atoms with Crippen molar-refractivity contribution in [3.8, 4) is 0 Å². The molecule has 0 saturated heterocycles. The first-order valence-corrected chi connectivity index (χ1v) is 8.73. The number of benzene rings is 2. The molecule has 0 atom stereocenters. The standard InChI is InChI=1S/C18H16Br2N2O2/c1-21(13-9-5-3-6-10-13)17(23)15(19)16(20)18(24)22(2)14-11-7-4-8-12-14/h3-12H,1-2H3/b16-15+. The molecule has 2 amide bonds. The summed E-state index contributed by atoms with van der Waals surface area (Å²) < 4.78 is 0.336. The molecule has 0 unspecified atom stereocenters. The predicted molar refractivity (Wildman–Crippen MR) is 105 cm³/mol. The van der Waals surface area contributed by atoms with Gasteiger partial charge in [-0.1, -0.05) is 36.4 Å². The molecular formula is C18H16Br2N2O2. The number of carbonyl (C=O) groups excluding carboxylic acids is 2. The number of anilines is 2. The largest absolute Gasteiger partial charge is 0.311 e. The van der Waals surface area contributed by atoms with Gasteiger partial charge in [0.2, 0.25) is 0 Å². The maximum Gasteiger partial charge on any atom is 0.266 e. The summed E-state index contributed by atoms with van der Waals surface area (Å²) in [5.74, 6) is -0.634. The Balaban J connectivity index is 2.23. The normalized spacial score (nSPS) is 11.5. The highest BCUT2D eigenvalue weighted by molar-refractivity contribution is 9.14. The molecular weight excluding hydrogens is 436 g/mol. The number of amides is 2. The van der Waals surface area contributed by atoms with Crippen LogP contribution in [0.3, 0.4) is 0 Å². The first-order chi connectivity index (χ1) is 11.4. The molecule has 124 valence electrons. The zero-order chi connectivity index (χ0) is 17.7. The van der Waals surface area contributed by atoms with Crippen molar-refractivity contribution in [2.75, 3.05) is 23.9 Å². The molecule has 6 heteroatoms. The van der Waals surface area contributed by atoms with Crippen LogP contribution in [0.2, 0.25) is 0 Å². The second kappa shape index (κ2) is 8.26. The molecule has 0 spiro atoms. The van der Waals surface area contributed by atoms with Crippen LogP contribution in [-0.2, 0) is 9.59 Å². The van der Waals surface area contributed by atoms with Gasteiger partial charge in [0.05, 0.1) is 0 Å². The Hall–Kier alpha value is -1.92. The summed E-state index contributed by atoms with van der Waals surface area (Å²) in [6.07, 6.45) is 0. The monoisotopic (exact) mass is 450 g/mol. The third-order valence-electron chi connectivity index (χ3n) is 3.46. The van der Waals surface area contributed by atoms with Gasteiger partial charge in [0.1, 0.15) is 8.96 Å². The minimum atomic E-state index is -0.317. The molecule has 0 fully saturated rings. The van der Waals surface area contributed by atoms with Crippen molar-refractivity contribution in [2.24, 2.45) is 0 Å². The third-order valence-corrected chi connectivity index (χ3v) is 5.47. The van der Waals surface area contributed by atoms with Gasteiger partial charge in [-0.25, -0.2) is 0 Å². The van der Waals surface area contributed by atoms with Crippen LogP contribution < -0.4 is 9.80 Å². The average Bonchev–Trinajstić information content (AvgIpc) is 2.65. The molecule has 2 rings (SSSR count). The Morgan fingerprint density at radius 2 is 0.958 bits per heavy atom. The lowest BCUT2D eigenvalue weighted by Crippen LogP contribution is -2.30. The number of nitrogens with zero attached hydrogens (tertiary/aromatic N) is 2. The van der Waals surface area contributed by atoms with Gasteiger partial charge in [0.15, 0.2) is 0 Å². The summed E-state index contributed by atoms with van der Waals surface area (Å²) in [7, 11) is 3.31. The lowest BCUT2D eigenvalue weighted by Gasteiger charge is -2.20. The van der Waals surface area contributed by atoms with E-state index in [0.29, 0.717) is 0 Å². The van der Waals surface area contributed by atoms with Crippen molar-refractivity contribution < 1.29 is 9.59 Å². The number of halogens is 2. The molecule has 0 aliphatic carbocycles. The average molecular weight is 452 g/mol. The van der Waals surface area contributed by atoms with Gasteiger partial charge in [-0.2, -0.15) is 0 Å². The molecule has 0 aliphatic rings. The Kier molecular flexibility index (Phi) is 6.34. The molecule has 4 nitrogen and oxygen atoms in total. The minimum Gasteiger partial charge on any atom is -0.311 e. The van der Waals surface area contributed by atoms with Crippen LogP contribution >= 0.6 is 31.9 Å². The van der Waals surface area contributed by atoms with E-state index in [-0.39, 0.29) is 20.8 Å². The van der Waals surface area contributed by atoms with Gasteiger partial charge in [0, 0.05) is 25.5 Å². The second-order valence-electron chi connectivity index (χ2n) is 5.03. The summed E-state index contributed by atoms with van der Waals surface area (Å²) in [6, 6.07) is 18.4. The fourth-order valence-electron chi connectivity index (χ4n) is 2.02. The van der Waals surface area contributed by atoms with E-state index in [1.165, 1.54) is 9.80 Å². The van der Waals surface area contributed by atoms with Crippen molar-refractivity contribution in [3.63, 3.8) is 0 Å². The van der Waals surface area contributed by atoms with Crippen molar-refractivity contribution in [2.45, 2.75) is 0 Å². The Morgan fingerprint density at radius 1 is 0.667 bits per heavy atom. The summed E-state index contributed by atoms with van der Waals surface area (Å²) >= 11 is 6.48. The topological polar surface area (TPSA) is 40.6 Å². The van der Waals surface area contributed by atoms with Gasteiger partial charge in [-0.15, -0.1) is 0 Å². The fraction of sp³-hybridized carbons (Fsp3) is 0.111. The molecule has 2 aromatic carbocycles. The van der Waals surface area contributed by atoms with E-state index >= 15 is 0 Å². The van der Waals surface area contributed by atoms with Crippen LogP contribution in [0.1, 0.15) is 0 Å². The van der Waals surface area contributed by atoms with Crippen molar-refractivity contribution >= 4 is 55.0 Å². The zero-order valence-corrected chi connectivity index (χ0v) is 16.4. The highest BCUT2D eigenvalue weighted by Crippen LogP contribution is 2.26. The number of carbonyl (C=O) groups is 2. The molecule has 0 aliphatic heterocycles. The molecule has 0 aromatic heterocycles. The SMILES string of the molecule is CN(C(=O)/C(Br)=C(\Br)C(=O)N(C)c1ccccc1)c1ccccc1. The summed E-state index contributed by atoms with van der Waals surface area (Å²) in [6.45, 7) is 0. The first-order valence-electron chi connectivity index (χ1n) is 7.15. The molecule has 2 aromatic rings. The van der Waals surface area contributed by atoms with E-state index in [1.54, 1.807) is 14.1 Å². The highest BCUT2D eigenvalue weighted by Gasteiger charge is 2.23. The Bertz CT molecular complexity index is 696. The number of rotatable bonds is 4. The van der Waals surface area contributed by atoms with Gasteiger partial charge < -0.3 is 9.80 Å². The Labute approximate surface area is 158 Å². The highest BCUT2D eigenvalue weighted by atomic mass is 79.9. The maximum absolute atomic E-state index is 12.6. The molecule has 24 heavy (non-hydrogen) atoms. The molecule has 0 N–H and O–H groups in total. The van der Waals surface area contributed by atoms with E-state index in [2.05, 4.69) is 31.9 Å². The predicted octanol–water partition coefficient (Wildman–Crippen LogP) is 4.31.